The van der Waals surface area contributed by atoms with Crippen molar-refractivity contribution in [1.82, 2.24) is 24.9 Å². The van der Waals surface area contributed by atoms with Crippen molar-refractivity contribution in [2.24, 2.45) is 5.92 Å². The summed E-state index contributed by atoms with van der Waals surface area (Å²) >= 11 is 0. The van der Waals surface area contributed by atoms with Crippen molar-refractivity contribution in [3.8, 4) is 0 Å². The molecule has 24 heavy (non-hydrogen) atoms. The van der Waals surface area contributed by atoms with Gasteiger partial charge in [-0.15, -0.1) is 0 Å². The fourth-order valence-corrected chi connectivity index (χ4v) is 2.11. The van der Waals surface area contributed by atoms with Crippen LogP contribution in [0.2, 0.25) is 0 Å². The molecule has 0 aromatic carbocycles. The Morgan fingerprint density at radius 2 is 2.08 bits per heavy atom. The molecule has 0 aliphatic heterocycles. The standard InChI is InChI=1S/C16H24N6O2/c1-5-21-9-13(15(20-21)16(24)17-8-11(2)3)19-14(23)10-22-12(4)6-7-18-22/h6-7,9,11H,5,8,10H2,1-4H3,(H,17,24)(H,19,23). The summed E-state index contributed by atoms with van der Waals surface area (Å²) < 4.78 is 3.22. The van der Waals surface area contributed by atoms with Gasteiger partial charge >= 0.3 is 0 Å². The van der Waals surface area contributed by atoms with Crippen molar-refractivity contribution in [3.05, 3.63) is 29.8 Å². The Balaban J connectivity index is 2.10. The first-order valence-corrected chi connectivity index (χ1v) is 8.04. The summed E-state index contributed by atoms with van der Waals surface area (Å²) in [4.78, 5) is 24.5. The highest BCUT2D eigenvalue weighted by atomic mass is 16.2. The van der Waals surface area contributed by atoms with Crippen LogP contribution in [-0.2, 0) is 17.9 Å². The number of rotatable bonds is 7. The van der Waals surface area contributed by atoms with Crippen LogP contribution in [0.5, 0.6) is 0 Å². The fraction of sp³-hybridized carbons (Fsp3) is 0.500. The summed E-state index contributed by atoms with van der Waals surface area (Å²) in [5.41, 5.74) is 1.53. The highest BCUT2D eigenvalue weighted by Gasteiger charge is 2.19. The lowest BCUT2D eigenvalue weighted by atomic mass is 10.2. The minimum atomic E-state index is -0.290. The van der Waals surface area contributed by atoms with Gasteiger partial charge in [0.1, 0.15) is 6.54 Å². The molecule has 0 saturated carbocycles. The summed E-state index contributed by atoms with van der Waals surface area (Å²) in [7, 11) is 0. The minimum Gasteiger partial charge on any atom is -0.350 e. The van der Waals surface area contributed by atoms with Crippen LogP contribution < -0.4 is 10.6 Å². The molecule has 0 aliphatic rings. The van der Waals surface area contributed by atoms with Crippen LogP contribution in [-0.4, -0.2) is 37.9 Å². The fourth-order valence-electron chi connectivity index (χ4n) is 2.11. The van der Waals surface area contributed by atoms with E-state index in [1.165, 1.54) is 0 Å². The minimum absolute atomic E-state index is 0.0865. The number of carbonyl (C=O) groups excluding carboxylic acids is 2. The summed E-state index contributed by atoms with van der Waals surface area (Å²) in [6, 6.07) is 1.83. The molecule has 2 N–H and O–H groups in total. The van der Waals surface area contributed by atoms with Crippen LogP contribution in [0.3, 0.4) is 0 Å². The molecule has 2 heterocycles. The molecule has 0 radical (unpaired) electrons. The van der Waals surface area contributed by atoms with E-state index in [0.717, 1.165) is 5.69 Å². The van der Waals surface area contributed by atoms with E-state index in [0.29, 0.717) is 24.7 Å². The van der Waals surface area contributed by atoms with Gasteiger partial charge in [-0.05, 0) is 25.8 Å². The zero-order chi connectivity index (χ0) is 17.7. The molecule has 8 nitrogen and oxygen atoms in total. The van der Waals surface area contributed by atoms with E-state index in [1.807, 2.05) is 33.8 Å². The van der Waals surface area contributed by atoms with Gasteiger partial charge in [0.2, 0.25) is 5.91 Å². The van der Waals surface area contributed by atoms with E-state index < -0.39 is 0 Å². The molecular formula is C16H24N6O2. The van der Waals surface area contributed by atoms with Gasteiger partial charge in [-0.25, -0.2) is 0 Å². The first-order chi connectivity index (χ1) is 11.4. The molecular weight excluding hydrogens is 308 g/mol. The Hall–Kier alpha value is -2.64. The quantitative estimate of drug-likeness (QED) is 0.802. The first-order valence-electron chi connectivity index (χ1n) is 8.04. The molecule has 0 spiro atoms. The number of amides is 2. The van der Waals surface area contributed by atoms with Crippen LogP contribution in [0.25, 0.3) is 0 Å². The van der Waals surface area contributed by atoms with Gasteiger partial charge in [0.15, 0.2) is 5.69 Å². The van der Waals surface area contributed by atoms with E-state index >= 15 is 0 Å². The molecule has 130 valence electrons. The molecule has 0 bridgehead atoms. The number of nitrogens with one attached hydrogen (secondary N) is 2. The van der Waals surface area contributed by atoms with Crippen LogP contribution in [0.4, 0.5) is 5.69 Å². The zero-order valence-corrected chi connectivity index (χ0v) is 14.5. The maximum atomic E-state index is 12.3. The molecule has 0 aliphatic carbocycles. The number of aryl methyl sites for hydroxylation is 2. The van der Waals surface area contributed by atoms with Crippen molar-refractivity contribution in [2.75, 3.05) is 11.9 Å². The van der Waals surface area contributed by atoms with Crippen molar-refractivity contribution in [3.63, 3.8) is 0 Å². The number of anilines is 1. The van der Waals surface area contributed by atoms with Gasteiger partial charge < -0.3 is 10.6 Å². The number of hydrogen-bond donors (Lipinski definition) is 2. The molecule has 0 unspecified atom stereocenters. The van der Waals surface area contributed by atoms with Gasteiger partial charge in [0.05, 0.1) is 5.69 Å². The molecule has 2 rings (SSSR count). The largest absolute Gasteiger partial charge is 0.350 e. The van der Waals surface area contributed by atoms with Crippen LogP contribution in [0.15, 0.2) is 18.5 Å². The second-order valence-electron chi connectivity index (χ2n) is 6.03. The predicted molar refractivity (Wildman–Crippen MR) is 90.7 cm³/mol. The Morgan fingerprint density at radius 1 is 1.33 bits per heavy atom. The van der Waals surface area contributed by atoms with Gasteiger partial charge in [0.25, 0.3) is 5.91 Å². The SMILES string of the molecule is CCn1cc(NC(=O)Cn2nccc2C)c(C(=O)NCC(C)C)n1. The highest BCUT2D eigenvalue weighted by molar-refractivity contribution is 6.02. The van der Waals surface area contributed by atoms with Crippen LogP contribution in [0.1, 0.15) is 37.0 Å². The molecule has 2 amide bonds. The van der Waals surface area contributed by atoms with E-state index in [-0.39, 0.29) is 24.1 Å². The van der Waals surface area contributed by atoms with E-state index in [9.17, 15) is 9.59 Å². The van der Waals surface area contributed by atoms with E-state index in [4.69, 9.17) is 0 Å². The van der Waals surface area contributed by atoms with Crippen molar-refractivity contribution >= 4 is 17.5 Å². The second-order valence-corrected chi connectivity index (χ2v) is 6.03. The van der Waals surface area contributed by atoms with Crippen molar-refractivity contribution in [1.29, 1.82) is 0 Å². The third-order valence-electron chi connectivity index (χ3n) is 3.47. The number of carbonyl (C=O) groups is 2. The van der Waals surface area contributed by atoms with Crippen LogP contribution >= 0.6 is 0 Å². The average molecular weight is 332 g/mol. The third-order valence-corrected chi connectivity index (χ3v) is 3.47. The lowest BCUT2D eigenvalue weighted by Gasteiger charge is -2.08. The molecule has 0 saturated heterocycles. The topological polar surface area (TPSA) is 93.8 Å². The van der Waals surface area contributed by atoms with Crippen LogP contribution in [0, 0.1) is 12.8 Å². The molecule has 8 heteroatoms. The number of hydrogen-bond acceptors (Lipinski definition) is 4. The summed E-state index contributed by atoms with van der Waals surface area (Å²) in [5, 5.41) is 13.9. The Bertz CT molecular complexity index is 716. The van der Waals surface area contributed by atoms with Crippen molar-refractivity contribution < 1.29 is 9.59 Å². The summed E-state index contributed by atoms with van der Waals surface area (Å²) in [6.07, 6.45) is 3.31. The lowest BCUT2D eigenvalue weighted by molar-refractivity contribution is -0.116. The van der Waals surface area contributed by atoms with Gasteiger partial charge in [0, 0.05) is 31.2 Å². The average Bonchev–Trinajstić information content (AvgIpc) is 3.11. The maximum Gasteiger partial charge on any atom is 0.273 e. The van der Waals surface area contributed by atoms with E-state index in [1.54, 1.807) is 21.8 Å². The Morgan fingerprint density at radius 3 is 2.67 bits per heavy atom. The van der Waals surface area contributed by atoms with Gasteiger partial charge in [-0.1, -0.05) is 13.8 Å². The smallest absolute Gasteiger partial charge is 0.273 e. The van der Waals surface area contributed by atoms with Gasteiger partial charge in [-0.3, -0.25) is 19.0 Å². The summed E-state index contributed by atoms with van der Waals surface area (Å²) in [6.45, 7) is 9.07. The molecule has 0 atom stereocenters. The zero-order valence-electron chi connectivity index (χ0n) is 14.5. The predicted octanol–water partition coefficient (Wildman–Crippen LogP) is 1.43. The first kappa shape index (κ1) is 17.7. The molecule has 0 fully saturated rings. The summed E-state index contributed by atoms with van der Waals surface area (Å²) in [5.74, 6) is -0.208. The van der Waals surface area contributed by atoms with E-state index in [2.05, 4.69) is 20.8 Å². The molecule has 2 aromatic heterocycles. The maximum absolute atomic E-state index is 12.3. The Kier molecular flexibility index (Phi) is 5.73. The number of nitrogens with zero attached hydrogens (tertiary/aromatic N) is 4. The van der Waals surface area contributed by atoms with Crippen molar-refractivity contribution in [2.45, 2.75) is 40.8 Å². The second kappa shape index (κ2) is 7.76. The van der Waals surface area contributed by atoms with Gasteiger partial charge in [-0.2, -0.15) is 10.2 Å². The lowest BCUT2D eigenvalue weighted by Crippen LogP contribution is -2.29. The normalized spacial score (nSPS) is 10.9. The monoisotopic (exact) mass is 332 g/mol. The Labute approximate surface area is 141 Å². The highest BCUT2D eigenvalue weighted by Crippen LogP contribution is 2.14. The molecule has 2 aromatic rings. The third kappa shape index (κ3) is 4.43. The number of aromatic nitrogens is 4.